The Bertz CT molecular complexity index is 942. The van der Waals surface area contributed by atoms with Crippen molar-refractivity contribution in [3.05, 3.63) is 59.0 Å². The fraction of sp³-hybridized carbons (Fsp3) is 0.250. The molecular weight excluding hydrogens is 303 g/mol. The molecule has 0 unspecified atom stereocenters. The summed E-state index contributed by atoms with van der Waals surface area (Å²) in [5.74, 6) is -0.588. The van der Waals surface area contributed by atoms with Gasteiger partial charge in [-0.2, -0.15) is 0 Å². The van der Waals surface area contributed by atoms with E-state index < -0.39 is 0 Å². The molecule has 0 saturated heterocycles. The predicted octanol–water partition coefficient (Wildman–Crippen LogP) is 3.88. The van der Waals surface area contributed by atoms with Crippen LogP contribution in [-0.4, -0.2) is 10.9 Å². The van der Waals surface area contributed by atoms with Gasteiger partial charge in [0, 0.05) is 16.6 Å². The molecule has 1 amide bonds. The van der Waals surface area contributed by atoms with Crippen LogP contribution in [0.5, 0.6) is 0 Å². The fourth-order valence-electron chi connectivity index (χ4n) is 3.81. The molecule has 4 heteroatoms. The van der Waals surface area contributed by atoms with Crippen LogP contribution in [0.1, 0.15) is 29.7 Å². The molecule has 0 spiro atoms. The van der Waals surface area contributed by atoms with E-state index in [0.29, 0.717) is 5.56 Å². The van der Waals surface area contributed by atoms with Crippen molar-refractivity contribution < 1.29 is 9.18 Å². The molecule has 2 aromatic carbocycles. The van der Waals surface area contributed by atoms with E-state index in [-0.39, 0.29) is 18.1 Å². The van der Waals surface area contributed by atoms with Gasteiger partial charge in [0.05, 0.1) is 11.9 Å². The number of halogens is 1. The van der Waals surface area contributed by atoms with E-state index >= 15 is 0 Å². The van der Waals surface area contributed by atoms with Gasteiger partial charge in [0.2, 0.25) is 5.91 Å². The van der Waals surface area contributed by atoms with E-state index in [9.17, 15) is 9.18 Å². The Morgan fingerprint density at radius 1 is 1.08 bits per heavy atom. The lowest BCUT2D eigenvalue weighted by molar-refractivity contribution is -0.117. The second-order valence-corrected chi connectivity index (χ2v) is 6.43. The topological polar surface area (TPSA) is 58.9 Å². The van der Waals surface area contributed by atoms with E-state index in [1.165, 1.54) is 17.3 Å². The maximum absolute atomic E-state index is 14.4. The molecule has 4 rings (SSSR count). The number of primary amides is 1. The first-order valence-electron chi connectivity index (χ1n) is 8.33. The molecule has 3 aromatic rings. The van der Waals surface area contributed by atoms with Crippen molar-refractivity contribution in [2.45, 2.75) is 32.1 Å². The first-order valence-corrected chi connectivity index (χ1v) is 8.33. The van der Waals surface area contributed by atoms with Gasteiger partial charge in [0.1, 0.15) is 5.82 Å². The molecular formula is C20H19FN2O. The van der Waals surface area contributed by atoms with Crippen molar-refractivity contribution in [1.82, 2.24) is 4.98 Å². The monoisotopic (exact) mass is 322 g/mol. The Balaban J connectivity index is 2.03. The smallest absolute Gasteiger partial charge is 0.221 e. The highest BCUT2D eigenvalue weighted by Gasteiger charge is 2.21. The molecule has 0 saturated carbocycles. The number of aromatic nitrogens is 1. The summed E-state index contributed by atoms with van der Waals surface area (Å²) in [7, 11) is 0. The van der Waals surface area contributed by atoms with Crippen LogP contribution in [0.25, 0.3) is 22.0 Å². The third-order valence-electron chi connectivity index (χ3n) is 4.87. The van der Waals surface area contributed by atoms with Gasteiger partial charge in [0.25, 0.3) is 0 Å². The maximum Gasteiger partial charge on any atom is 0.221 e. The summed E-state index contributed by atoms with van der Waals surface area (Å²) in [6, 6.07) is 10.6. The number of aromatic amines is 1. The summed E-state index contributed by atoms with van der Waals surface area (Å²) < 4.78 is 14.4. The molecule has 3 nitrogen and oxygen atoms in total. The molecule has 0 atom stereocenters. The molecule has 0 radical (unpaired) electrons. The minimum absolute atomic E-state index is 0.188. The van der Waals surface area contributed by atoms with Crippen LogP contribution in [0.15, 0.2) is 36.4 Å². The molecule has 3 N–H and O–H groups in total. The van der Waals surface area contributed by atoms with Crippen LogP contribution in [0.3, 0.4) is 0 Å². The molecule has 0 aliphatic heterocycles. The third kappa shape index (κ3) is 2.39. The van der Waals surface area contributed by atoms with E-state index in [0.717, 1.165) is 47.7 Å². The Hall–Kier alpha value is -2.62. The number of amides is 1. The minimum atomic E-state index is -0.359. The zero-order chi connectivity index (χ0) is 16.7. The van der Waals surface area contributed by atoms with Gasteiger partial charge in [-0.3, -0.25) is 4.79 Å². The van der Waals surface area contributed by atoms with Gasteiger partial charge in [-0.05, 0) is 48.4 Å². The fourth-order valence-corrected chi connectivity index (χ4v) is 3.81. The lowest BCUT2D eigenvalue weighted by atomic mass is 9.90. The highest BCUT2D eigenvalue weighted by Crippen LogP contribution is 2.38. The maximum atomic E-state index is 14.4. The molecule has 24 heavy (non-hydrogen) atoms. The van der Waals surface area contributed by atoms with E-state index in [1.54, 1.807) is 12.1 Å². The number of hydrogen-bond acceptors (Lipinski definition) is 1. The third-order valence-corrected chi connectivity index (χ3v) is 4.87. The van der Waals surface area contributed by atoms with Gasteiger partial charge in [0.15, 0.2) is 0 Å². The van der Waals surface area contributed by atoms with Crippen LogP contribution in [0.2, 0.25) is 0 Å². The van der Waals surface area contributed by atoms with E-state index in [4.69, 9.17) is 5.73 Å². The molecule has 122 valence electrons. The van der Waals surface area contributed by atoms with E-state index in [2.05, 4.69) is 4.98 Å². The number of carbonyl (C=O) groups excluding carboxylic acids is 1. The number of nitrogens with one attached hydrogen (secondary N) is 1. The summed E-state index contributed by atoms with van der Waals surface area (Å²) in [5, 5.41) is 1.05. The van der Waals surface area contributed by atoms with Crippen molar-refractivity contribution in [1.29, 1.82) is 0 Å². The number of rotatable bonds is 3. The molecule has 0 bridgehead atoms. The number of hydrogen-bond donors (Lipinski definition) is 2. The zero-order valence-electron chi connectivity index (χ0n) is 13.4. The van der Waals surface area contributed by atoms with Crippen molar-refractivity contribution in [2.75, 3.05) is 0 Å². The standard InChI is InChI=1S/C20H19FN2O/c21-16-7-3-1-5-13(16)14-10-9-12(11-18(22)24)20-19(14)15-6-2-4-8-17(15)23-20/h1,3,5,7,9-10,23H,2,4,6,8,11H2,(H2,22,24). The lowest BCUT2D eigenvalue weighted by Gasteiger charge is -2.13. The average molecular weight is 322 g/mol. The second-order valence-electron chi connectivity index (χ2n) is 6.43. The largest absolute Gasteiger partial charge is 0.369 e. The lowest BCUT2D eigenvalue weighted by Crippen LogP contribution is -2.13. The Morgan fingerprint density at radius 3 is 2.67 bits per heavy atom. The Kier molecular flexibility index (Phi) is 3.60. The minimum Gasteiger partial charge on any atom is -0.369 e. The summed E-state index contributed by atoms with van der Waals surface area (Å²) >= 11 is 0. The van der Waals surface area contributed by atoms with Crippen LogP contribution >= 0.6 is 0 Å². The van der Waals surface area contributed by atoms with Gasteiger partial charge in [-0.1, -0.05) is 30.3 Å². The number of aryl methyl sites for hydroxylation is 2. The number of benzene rings is 2. The highest BCUT2D eigenvalue weighted by atomic mass is 19.1. The van der Waals surface area contributed by atoms with Crippen LogP contribution in [0, 0.1) is 5.82 Å². The zero-order valence-corrected chi connectivity index (χ0v) is 13.4. The highest BCUT2D eigenvalue weighted by molar-refractivity contribution is 6.01. The molecule has 1 heterocycles. The predicted molar refractivity (Wildman–Crippen MR) is 93.2 cm³/mol. The summed E-state index contributed by atoms with van der Waals surface area (Å²) in [6.07, 6.45) is 4.46. The van der Waals surface area contributed by atoms with E-state index in [1.807, 2.05) is 18.2 Å². The Morgan fingerprint density at radius 2 is 1.88 bits per heavy atom. The van der Waals surface area contributed by atoms with Crippen molar-refractivity contribution >= 4 is 16.8 Å². The number of fused-ring (bicyclic) bond motifs is 3. The normalized spacial score (nSPS) is 13.9. The number of H-pyrrole nitrogens is 1. The average Bonchev–Trinajstić information content (AvgIpc) is 2.96. The van der Waals surface area contributed by atoms with Gasteiger partial charge >= 0.3 is 0 Å². The first kappa shape index (κ1) is 14.9. The first-order chi connectivity index (χ1) is 11.6. The van der Waals surface area contributed by atoms with Crippen LogP contribution in [0.4, 0.5) is 4.39 Å². The number of nitrogens with two attached hydrogens (primary N) is 1. The SMILES string of the molecule is NC(=O)Cc1ccc(-c2ccccc2F)c2c3c([nH]c12)CCCC3. The van der Waals surface area contributed by atoms with Crippen LogP contribution in [-0.2, 0) is 24.1 Å². The van der Waals surface area contributed by atoms with Gasteiger partial charge < -0.3 is 10.7 Å². The molecule has 1 aliphatic rings. The van der Waals surface area contributed by atoms with Crippen molar-refractivity contribution in [3.8, 4) is 11.1 Å². The second kappa shape index (κ2) is 5.78. The summed E-state index contributed by atoms with van der Waals surface area (Å²) in [4.78, 5) is 14.9. The van der Waals surface area contributed by atoms with Crippen LogP contribution < -0.4 is 5.73 Å². The summed E-state index contributed by atoms with van der Waals surface area (Å²) in [6.45, 7) is 0. The van der Waals surface area contributed by atoms with Gasteiger partial charge in [-0.15, -0.1) is 0 Å². The quantitative estimate of drug-likeness (QED) is 0.755. The van der Waals surface area contributed by atoms with Crippen molar-refractivity contribution in [2.24, 2.45) is 5.73 Å². The van der Waals surface area contributed by atoms with Gasteiger partial charge in [-0.25, -0.2) is 4.39 Å². The molecule has 1 aromatic heterocycles. The molecule has 1 aliphatic carbocycles. The summed E-state index contributed by atoms with van der Waals surface area (Å²) in [5.41, 5.74) is 11.2. The Labute approximate surface area is 139 Å². The molecule has 0 fully saturated rings. The number of carbonyl (C=O) groups is 1. The van der Waals surface area contributed by atoms with Crippen molar-refractivity contribution in [3.63, 3.8) is 0 Å².